The molecular weight excluding hydrogens is 347 g/mol. The van der Waals surface area contributed by atoms with Crippen LogP contribution in [0.2, 0.25) is 0 Å². The van der Waals surface area contributed by atoms with Crippen molar-refractivity contribution in [1.29, 1.82) is 0 Å². The van der Waals surface area contributed by atoms with Gasteiger partial charge < -0.3 is 28.9 Å². The van der Waals surface area contributed by atoms with Gasteiger partial charge in [0.05, 0.1) is 13.9 Å². The van der Waals surface area contributed by atoms with E-state index >= 15 is 0 Å². The second-order valence-corrected chi connectivity index (χ2v) is 5.27. The van der Waals surface area contributed by atoms with Crippen LogP contribution in [0.25, 0.3) is 0 Å². The zero-order valence-corrected chi connectivity index (χ0v) is 18.1. The molecule has 11 heteroatoms. The van der Waals surface area contributed by atoms with Crippen LogP contribution in [-0.2, 0) is 25.2 Å². The van der Waals surface area contributed by atoms with Crippen molar-refractivity contribution in [2.75, 3.05) is 6.61 Å². The molecule has 8 nitrogen and oxygen atoms in total. The van der Waals surface area contributed by atoms with Crippen molar-refractivity contribution >= 4 is 19.7 Å². The number of Topliss-reactive ketones (excluding diaryl/α,β-unsaturated/α-hetero) is 1. The number of amides is 1. The number of benzene rings is 1. The Morgan fingerprint density at radius 3 is 2.30 bits per heavy atom. The average molecular weight is 361 g/mol. The molecule has 0 bridgehead atoms. The molecule has 1 aromatic carbocycles. The maximum absolute atomic E-state index is 11.4. The zero-order valence-electron chi connectivity index (χ0n) is 13.2. The third-order valence-corrected chi connectivity index (χ3v) is 2.84. The van der Waals surface area contributed by atoms with Crippen molar-refractivity contribution < 1.29 is 92.3 Å². The third kappa shape index (κ3) is 12.3. The van der Waals surface area contributed by atoms with E-state index in [-0.39, 0.29) is 65.7 Å². The molecule has 0 aromatic heterocycles. The van der Waals surface area contributed by atoms with E-state index in [0.29, 0.717) is 0 Å². The summed E-state index contributed by atoms with van der Waals surface area (Å²) < 4.78 is 18.9. The normalized spacial score (nSPS) is 11.4. The first-order valence-electron chi connectivity index (χ1n) is 5.94. The van der Waals surface area contributed by atoms with Gasteiger partial charge in [0, 0.05) is 0 Å². The number of hydrogen-bond donors (Lipinski definition) is 1. The molecule has 23 heavy (non-hydrogen) atoms. The minimum absolute atomic E-state index is 0. The quantitative estimate of drug-likeness (QED) is 0.378. The van der Waals surface area contributed by atoms with E-state index in [9.17, 15) is 23.9 Å². The van der Waals surface area contributed by atoms with Gasteiger partial charge in [-0.05, 0) is 12.5 Å². The zero-order chi connectivity index (χ0) is 15.9. The van der Waals surface area contributed by atoms with Crippen molar-refractivity contribution in [1.82, 2.24) is 5.32 Å². The van der Waals surface area contributed by atoms with Crippen molar-refractivity contribution in [3.8, 4) is 0 Å². The number of phosphoric acid groups is 1. The summed E-state index contributed by atoms with van der Waals surface area (Å²) in [5.41, 5.74) is 0.772. The number of alkyl carbamates (subject to hydrolysis) is 1. The first kappa shape index (κ1) is 25.5. The monoisotopic (exact) mass is 361 g/mol. The number of phosphoric ester groups is 1. The van der Waals surface area contributed by atoms with Crippen LogP contribution in [0.15, 0.2) is 30.3 Å². The molecule has 0 aliphatic heterocycles. The minimum atomic E-state index is -5.21. The number of ketones is 1. The molecule has 1 atom stereocenters. The summed E-state index contributed by atoms with van der Waals surface area (Å²) in [5.74, 6) is -0.765. The summed E-state index contributed by atoms with van der Waals surface area (Å²) in [6.45, 7) is 0.417. The van der Waals surface area contributed by atoms with E-state index in [4.69, 9.17) is 4.74 Å². The predicted octanol–water partition coefficient (Wildman–Crippen LogP) is -6.28. The Hall–Kier alpha value is 0.270. The molecule has 116 valence electrons. The number of carbonyl (C=O) groups is 2. The Balaban J connectivity index is 0. The van der Waals surface area contributed by atoms with Gasteiger partial charge in [0.2, 0.25) is 0 Å². The van der Waals surface area contributed by atoms with E-state index in [1.807, 2.05) is 6.07 Å². The van der Waals surface area contributed by atoms with E-state index in [2.05, 4.69) is 9.84 Å². The van der Waals surface area contributed by atoms with Gasteiger partial charge in [-0.1, -0.05) is 30.3 Å². The Labute approximate surface area is 178 Å². The molecule has 0 radical (unpaired) electrons. The summed E-state index contributed by atoms with van der Waals surface area (Å²) in [6, 6.07) is 7.86. The fourth-order valence-electron chi connectivity index (χ4n) is 1.29. The summed E-state index contributed by atoms with van der Waals surface area (Å²) in [6.07, 6.45) is -0.841. The van der Waals surface area contributed by atoms with Crippen LogP contribution in [0.1, 0.15) is 12.5 Å². The first-order chi connectivity index (χ1) is 9.78. The van der Waals surface area contributed by atoms with Gasteiger partial charge in [-0.25, -0.2) is 4.79 Å². The van der Waals surface area contributed by atoms with Crippen LogP contribution < -0.4 is 74.2 Å². The van der Waals surface area contributed by atoms with Crippen LogP contribution in [-0.4, -0.2) is 24.5 Å². The second-order valence-electron chi connectivity index (χ2n) is 4.11. The van der Waals surface area contributed by atoms with Crippen molar-refractivity contribution in [3.05, 3.63) is 35.9 Å². The Bertz CT molecular complexity index is 537. The molecule has 1 N–H and O–H groups in total. The van der Waals surface area contributed by atoms with Gasteiger partial charge in [0.15, 0.2) is 5.78 Å². The topological polar surface area (TPSA) is 128 Å². The Morgan fingerprint density at radius 1 is 1.22 bits per heavy atom. The van der Waals surface area contributed by atoms with Gasteiger partial charge in [-0.2, -0.15) is 0 Å². The van der Waals surface area contributed by atoms with Crippen molar-refractivity contribution in [2.45, 2.75) is 19.6 Å². The SMILES string of the molecule is C[C@@H](NC(=O)OCc1ccccc1)C(=O)COP(=O)([O-])[O-].[Na+].[Na+]. The first-order valence-corrected chi connectivity index (χ1v) is 7.40. The maximum atomic E-state index is 11.4. The van der Waals surface area contributed by atoms with Crippen molar-refractivity contribution in [2.24, 2.45) is 0 Å². The average Bonchev–Trinajstić information content (AvgIpc) is 2.42. The molecule has 0 aliphatic carbocycles. The van der Waals surface area contributed by atoms with Gasteiger partial charge in [0.1, 0.15) is 13.2 Å². The van der Waals surface area contributed by atoms with E-state index < -0.39 is 32.3 Å². The van der Waals surface area contributed by atoms with E-state index in [1.165, 1.54) is 6.92 Å². The molecule has 0 spiro atoms. The summed E-state index contributed by atoms with van der Waals surface area (Å²) in [5, 5.41) is 2.20. The van der Waals surface area contributed by atoms with Crippen LogP contribution in [0.5, 0.6) is 0 Å². The molecule has 0 aliphatic rings. The molecule has 0 saturated heterocycles. The fourth-order valence-corrected chi connectivity index (χ4v) is 1.58. The fraction of sp³-hybridized carbons (Fsp3) is 0.333. The number of ether oxygens (including phenoxy) is 1. The van der Waals surface area contributed by atoms with E-state index in [0.717, 1.165) is 5.56 Å². The third-order valence-electron chi connectivity index (χ3n) is 2.39. The molecule has 0 unspecified atom stereocenters. The van der Waals surface area contributed by atoms with Crippen LogP contribution in [0, 0.1) is 0 Å². The maximum Gasteiger partial charge on any atom is 1.00 e. The molecule has 0 saturated carbocycles. The smallest absolute Gasteiger partial charge is 0.790 e. The Kier molecular flexibility index (Phi) is 14.0. The molecule has 1 amide bonds. The summed E-state index contributed by atoms with van der Waals surface area (Å²) in [4.78, 5) is 43.3. The molecule has 1 aromatic rings. The molecular formula is C12H14NNa2O7P. The number of carbonyl (C=O) groups excluding carboxylic acids is 2. The van der Waals surface area contributed by atoms with Gasteiger partial charge in [-0.15, -0.1) is 0 Å². The molecule has 0 fully saturated rings. The molecule has 0 heterocycles. The number of hydrogen-bond acceptors (Lipinski definition) is 7. The van der Waals surface area contributed by atoms with Crippen LogP contribution in [0.4, 0.5) is 4.79 Å². The summed E-state index contributed by atoms with van der Waals surface area (Å²) >= 11 is 0. The van der Waals surface area contributed by atoms with E-state index in [1.54, 1.807) is 24.3 Å². The van der Waals surface area contributed by atoms with Crippen LogP contribution >= 0.6 is 7.82 Å². The Morgan fingerprint density at radius 2 is 1.78 bits per heavy atom. The largest absolute Gasteiger partial charge is 1.00 e. The summed E-state index contributed by atoms with van der Waals surface area (Å²) in [7, 11) is -5.21. The predicted molar refractivity (Wildman–Crippen MR) is 67.8 cm³/mol. The number of nitrogens with one attached hydrogen (secondary N) is 1. The number of rotatable bonds is 7. The van der Waals surface area contributed by atoms with Crippen molar-refractivity contribution in [3.63, 3.8) is 0 Å². The minimum Gasteiger partial charge on any atom is -0.790 e. The van der Waals surface area contributed by atoms with Gasteiger partial charge in [0.25, 0.3) is 0 Å². The van der Waals surface area contributed by atoms with Gasteiger partial charge in [-0.3, -0.25) is 4.79 Å². The van der Waals surface area contributed by atoms with Gasteiger partial charge >= 0.3 is 65.2 Å². The second kappa shape index (κ2) is 12.6. The van der Waals surface area contributed by atoms with Crippen LogP contribution in [0.3, 0.4) is 0 Å². The molecule has 1 rings (SSSR count). The standard InChI is InChI=1S/C12H16NO7P.2Na/c1-9(11(14)8-20-21(16,17)18)13-12(15)19-7-10-5-3-2-4-6-10;;/h2-6,9H,7-8H2,1H3,(H,13,15)(H2,16,17,18);;/q;2*+1/p-2/t9-;;/m1../s1.